The van der Waals surface area contributed by atoms with E-state index < -0.39 is 5.91 Å². The lowest BCUT2D eigenvalue weighted by Gasteiger charge is -2.07. The first-order valence-corrected chi connectivity index (χ1v) is 11.1. The van der Waals surface area contributed by atoms with Crippen LogP contribution in [0.3, 0.4) is 0 Å². The number of rotatable bonds is 7. The SMILES string of the molecule is O=C(Nc1ccn(Cc2c(Cl)cccc2Cl)n1)c1ccc(COc2ccc(I)cc2)o1. The maximum absolute atomic E-state index is 12.5. The van der Waals surface area contributed by atoms with Crippen LogP contribution in [-0.2, 0) is 13.2 Å². The first kappa shape index (κ1) is 21.7. The number of carbonyl (C=O) groups is 1. The molecule has 0 saturated heterocycles. The molecule has 0 saturated carbocycles. The summed E-state index contributed by atoms with van der Waals surface area (Å²) in [5.41, 5.74) is 0.760. The predicted octanol–water partition coefficient (Wildman–Crippen LogP) is 6.27. The third-order valence-electron chi connectivity index (χ3n) is 4.34. The van der Waals surface area contributed by atoms with Crippen LogP contribution in [0.25, 0.3) is 0 Å². The van der Waals surface area contributed by atoms with Gasteiger partial charge in [0.25, 0.3) is 5.91 Å². The Bertz CT molecular complexity index is 1180. The van der Waals surface area contributed by atoms with E-state index in [1.54, 1.807) is 47.3 Å². The standard InChI is InChI=1S/C22H16Cl2IN3O3/c23-18-2-1-3-19(24)17(18)12-28-11-10-21(27-28)26-22(29)20-9-8-16(31-20)13-30-15-6-4-14(25)5-7-15/h1-11H,12-13H2,(H,26,27,29). The van der Waals surface area contributed by atoms with Gasteiger partial charge in [0, 0.05) is 31.4 Å². The van der Waals surface area contributed by atoms with Crippen LogP contribution in [0, 0.1) is 3.57 Å². The first-order valence-electron chi connectivity index (χ1n) is 9.23. The van der Waals surface area contributed by atoms with Crippen LogP contribution in [0.2, 0.25) is 10.0 Å². The fourth-order valence-corrected chi connectivity index (χ4v) is 3.68. The molecular formula is C22H16Cl2IN3O3. The molecule has 31 heavy (non-hydrogen) atoms. The number of hydrogen-bond donors (Lipinski definition) is 1. The molecule has 4 aromatic rings. The predicted molar refractivity (Wildman–Crippen MR) is 128 cm³/mol. The number of hydrogen-bond acceptors (Lipinski definition) is 4. The third-order valence-corrected chi connectivity index (χ3v) is 5.77. The van der Waals surface area contributed by atoms with Crippen molar-refractivity contribution in [1.29, 1.82) is 0 Å². The third kappa shape index (κ3) is 5.61. The molecule has 2 heterocycles. The Morgan fingerprint density at radius 2 is 1.81 bits per heavy atom. The lowest BCUT2D eigenvalue weighted by Crippen LogP contribution is -2.12. The van der Waals surface area contributed by atoms with E-state index in [4.69, 9.17) is 32.4 Å². The lowest BCUT2D eigenvalue weighted by atomic mass is 10.2. The Kier molecular flexibility index (Phi) is 6.84. The highest BCUT2D eigenvalue weighted by Crippen LogP contribution is 2.25. The normalized spacial score (nSPS) is 10.8. The molecule has 2 aromatic carbocycles. The van der Waals surface area contributed by atoms with Gasteiger partial charge in [0.2, 0.25) is 0 Å². The van der Waals surface area contributed by atoms with Crippen molar-refractivity contribution in [1.82, 2.24) is 9.78 Å². The van der Waals surface area contributed by atoms with Crippen molar-refractivity contribution in [2.24, 2.45) is 0 Å². The molecule has 158 valence electrons. The zero-order chi connectivity index (χ0) is 21.8. The van der Waals surface area contributed by atoms with Crippen molar-refractivity contribution in [3.63, 3.8) is 0 Å². The number of furan rings is 1. The minimum Gasteiger partial charge on any atom is -0.486 e. The summed E-state index contributed by atoms with van der Waals surface area (Å²) in [4.78, 5) is 12.5. The number of benzene rings is 2. The van der Waals surface area contributed by atoms with E-state index in [0.717, 1.165) is 14.9 Å². The minimum absolute atomic E-state index is 0.171. The Balaban J connectivity index is 1.35. The summed E-state index contributed by atoms with van der Waals surface area (Å²) in [6, 6.07) is 18.0. The highest BCUT2D eigenvalue weighted by atomic mass is 127. The van der Waals surface area contributed by atoms with E-state index in [2.05, 4.69) is 33.0 Å². The lowest BCUT2D eigenvalue weighted by molar-refractivity contribution is 0.0992. The van der Waals surface area contributed by atoms with Gasteiger partial charge in [0.05, 0.1) is 6.54 Å². The minimum atomic E-state index is -0.401. The molecule has 0 radical (unpaired) electrons. The van der Waals surface area contributed by atoms with Gasteiger partial charge in [-0.1, -0.05) is 29.3 Å². The highest BCUT2D eigenvalue weighted by molar-refractivity contribution is 14.1. The van der Waals surface area contributed by atoms with Crippen molar-refractivity contribution >= 4 is 57.5 Å². The number of carbonyl (C=O) groups excluding carboxylic acids is 1. The Morgan fingerprint density at radius 3 is 2.55 bits per heavy atom. The van der Waals surface area contributed by atoms with Gasteiger partial charge < -0.3 is 14.5 Å². The van der Waals surface area contributed by atoms with Crippen molar-refractivity contribution in [3.05, 3.63) is 97.6 Å². The number of nitrogens with one attached hydrogen (secondary N) is 1. The largest absolute Gasteiger partial charge is 0.486 e. The van der Waals surface area contributed by atoms with Crippen LogP contribution in [0.15, 0.2) is 71.3 Å². The summed E-state index contributed by atoms with van der Waals surface area (Å²) < 4.78 is 14.0. The van der Waals surface area contributed by atoms with Crippen molar-refractivity contribution < 1.29 is 13.9 Å². The summed E-state index contributed by atoms with van der Waals surface area (Å²) in [5, 5.41) is 8.18. The van der Waals surface area contributed by atoms with Gasteiger partial charge >= 0.3 is 0 Å². The summed E-state index contributed by atoms with van der Waals surface area (Å²) >= 11 is 14.6. The zero-order valence-electron chi connectivity index (χ0n) is 16.0. The number of halogens is 3. The molecule has 0 atom stereocenters. The Labute approximate surface area is 202 Å². The second-order valence-corrected chi connectivity index (χ2v) is 8.62. The summed E-state index contributed by atoms with van der Waals surface area (Å²) in [6.07, 6.45) is 1.73. The van der Waals surface area contributed by atoms with E-state index in [1.807, 2.05) is 24.3 Å². The van der Waals surface area contributed by atoms with E-state index in [0.29, 0.717) is 28.2 Å². The molecule has 0 aliphatic rings. The van der Waals surface area contributed by atoms with Crippen LogP contribution < -0.4 is 10.1 Å². The quantitative estimate of drug-likeness (QED) is 0.267. The van der Waals surface area contributed by atoms with Gasteiger partial charge in [0.1, 0.15) is 18.1 Å². The van der Waals surface area contributed by atoms with E-state index >= 15 is 0 Å². The fourth-order valence-electron chi connectivity index (χ4n) is 2.80. The van der Waals surface area contributed by atoms with E-state index in [9.17, 15) is 4.79 Å². The molecule has 0 unspecified atom stereocenters. The maximum atomic E-state index is 12.5. The number of aromatic nitrogens is 2. The van der Waals surface area contributed by atoms with Crippen molar-refractivity contribution in [2.45, 2.75) is 13.2 Å². The first-order chi connectivity index (χ1) is 15.0. The molecular weight excluding hydrogens is 552 g/mol. The number of nitrogens with zero attached hydrogens (tertiary/aromatic N) is 2. The van der Waals surface area contributed by atoms with Crippen molar-refractivity contribution in [3.8, 4) is 5.75 Å². The molecule has 2 aromatic heterocycles. The van der Waals surface area contributed by atoms with E-state index in [1.165, 1.54) is 0 Å². The molecule has 0 aliphatic carbocycles. The van der Waals surface area contributed by atoms with Gasteiger partial charge in [-0.2, -0.15) is 5.10 Å². The maximum Gasteiger partial charge on any atom is 0.292 e. The second kappa shape index (κ2) is 9.76. The zero-order valence-corrected chi connectivity index (χ0v) is 19.7. The fraction of sp³-hybridized carbons (Fsp3) is 0.0909. The molecule has 6 nitrogen and oxygen atoms in total. The molecule has 0 spiro atoms. The topological polar surface area (TPSA) is 69.3 Å². The highest BCUT2D eigenvalue weighted by Gasteiger charge is 2.14. The average Bonchev–Trinajstić information content (AvgIpc) is 3.40. The van der Waals surface area contributed by atoms with Crippen LogP contribution in [0.5, 0.6) is 5.75 Å². The summed E-state index contributed by atoms with van der Waals surface area (Å²) in [7, 11) is 0. The van der Waals surface area contributed by atoms with Gasteiger partial charge in [-0.15, -0.1) is 0 Å². The van der Waals surface area contributed by atoms with Gasteiger partial charge in [-0.25, -0.2) is 0 Å². The van der Waals surface area contributed by atoms with Crippen LogP contribution in [0.1, 0.15) is 21.9 Å². The van der Waals surface area contributed by atoms with Crippen molar-refractivity contribution in [2.75, 3.05) is 5.32 Å². The summed E-state index contributed by atoms with van der Waals surface area (Å²) in [6.45, 7) is 0.607. The number of amides is 1. The Morgan fingerprint density at radius 1 is 1.06 bits per heavy atom. The molecule has 0 bridgehead atoms. The molecule has 4 rings (SSSR count). The average molecular weight is 568 g/mol. The molecule has 9 heteroatoms. The monoisotopic (exact) mass is 567 g/mol. The van der Waals surface area contributed by atoms with Crippen LogP contribution >= 0.6 is 45.8 Å². The second-order valence-electron chi connectivity index (χ2n) is 6.56. The molecule has 0 fully saturated rings. The van der Waals surface area contributed by atoms with E-state index in [-0.39, 0.29) is 12.4 Å². The molecule has 1 amide bonds. The van der Waals surface area contributed by atoms with Crippen LogP contribution in [0.4, 0.5) is 5.82 Å². The molecule has 0 aliphatic heterocycles. The Hall–Kier alpha value is -2.49. The van der Waals surface area contributed by atoms with Gasteiger partial charge in [-0.05, 0) is 71.1 Å². The summed E-state index contributed by atoms with van der Waals surface area (Å²) in [5.74, 6) is 1.43. The smallest absolute Gasteiger partial charge is 0.292 e. The molecule has 1 N–H and O–H groups in total. The van der Waals surface area contributed by atoms with Gasteiger partial charge in [-0.3, -0.25) is 9.48 Å². The van der Waals surface area contributed by atoms with Crippen LogP contribution in [-0.4, -0.2) is 15.7 Å². The number of ether oxygens (including phenoxy) is 1. The van der Waals surface area contributed by atoms with Gasteiger partial charge in [0.15, 0.2) is 11.6 Å². The number of anilines is 1.